The Bertz CT molecular complexity index is 617. The van der Waals surface area contributed by atoms with Crippen LogP contribution in [0.2, 0.25) is 0 Å². The minimum absolute atomic E-state index is 0.207. The standard InChI is InChI=1S/C12H10BrFN4/c13-9-6-16-12(15)17-11(9)18-4-3-7-1-2-8(14)5-10(7)18/h1-2,5-6H,3-4H2,(H2,15,16,17). The summed E-state index contributed by atoms with van der Waals surface area (Å²) in [5, 5.41) is 0. The maximum absolute atomic E-state index is 13.3. The first-order chi connectivity index (χ1) is 8.65. The maximum atomic E-state index is 13.3. The summed E-state index contributed by atoms with van der Waals surface area (Å²) < 4.78 is 14.1. The zero-order chi connectivity index (χ0) is 12.7. The summed E-state index contributed by atoms with van der Waals surface area (Å²) in [6, 6.07) is 4.81. The average molecular weight is 309 g/mol. The Morgan fingerprint density at radius 1 is 1.39 bits per heavy atom. The van der Waals surface area contributed by atoms with E-state index in [1.807, 2.05) is 11.0 Å². The van der Waals surface area contributed by atoms with Crippen LogP contribution in [0, 0.1) is 5.82 Å². The fourth-order valence-electron chi connectivity index (χ4n) is 2.13. The van der Waals surface area contributed by atoms with Crippen molar-refractivity contribution in [1.82, 2.24) is 9.97 Å². The highest BCUT2D eigenvalue weighted by atomic mass is 79.9. The zero-order valence-electron chi connectivity index (χ0n) is 9.40. The summed E-state index contributed by atoms with van der Waals surface area (Å²) in [5.74, 6) is 0.628. The second-order valence-corrected chi connectivity index (χ2v) is 4.93. The smallest absolute Gasteiger partial charge is 0.222 e. The lowest BCUT2D eigenvalue weighted by Gasteiger charge is -2.19. The summed E-state index contributed by atoms with van der Waals surface area (Å²) >= 11 is 3.39. The molecule has 1 aliphatic heterocycles. The Morgan fingerprint density at radius 2 is 2.22 bits per heavy atom. The Kier molecular flexibility index (Phi) is 2.66. The summed E-state index contributed by atoms with van der Waals surface area (Å²) in [4.78, 5) is 10.1. The molecule has 2 aromatic rings. The molecular weight excluding hydrogens is 299 g/mol. The van der Waals surface area contributed by atoms with Gasteiger partial charge >= 0.3 is 0 Å². The normalized spacial score (nSPS) is 13.8. The van der Waals surface area contributed by atoms with Gasteiger partial charge in [-0.2, -0.15) is 4.98 Å². The van der Waals surface area contributed by atoms with Crippen molar-refractivity contribution in [3.8, 4) is 0 Å². The third-order valence-corrected chi connectivity index (χ3v) is 3.50. The van der Waals surface area contributed by atoms with Gasteiger partial charge in [0.05, 0.1) is 4.47 Å². The molecule has 0 amide bonds. The van der Waals surface area contributed by atoms with E-state index in [4.69, 9.17) is 5.73 Å². The van der Waals surface area contributed by atoms with Crippen LogP contribution in [0.3, 0.4) is 0 Å². The van der Waals surface area contributed by atoms with Crippen molar-refractivity contribution in [2.45, 2.75) is 6.42 Å². The summed E-state index contributed by atoms with van der Waals surface area (Å²) in [6.07, 6.45) is 2.47. The van der Waals surface area contributed by atoms with Crippen LogP contribution < -0.4 is 10.6 Å². The van der Waals surface area contributed by atoms with E-state index in [2.05, 4.69) is 25.9 Å². The monoisotopic (exact) mass is 308 g/mol. The molecule has 0 saturated carbocycles. The number of nitrogens with zero attached hydrogens (tertiary/aromatic N) is 3. The maximum Gasteiger partial charge on any atom is 0.222 e. The van der Waals surface area contributed by atoms with Crippen LogP contribution in [-0.4, -0.2) is 16.5 Å². The van der Waals surface area contributed by atoms with E-state index in [0.29, 0.717) is 5.82 Å². The summed E-state index contributed by atoms with van der Waals surface area (Å²) in [6.45, 7) is 0.758. The van der Waals surface area contributed by atoms with Crippen molar-refractivity contribution >= 4 is 33.4 Å². The molecule has 92 valence electrons. The van der Waals surface area contributed by atoms with Crippen molar-refractivity contribution in [3.63, 3.8) is 0 Å². The molecule has 1 aromatic heterocycles. The predicted molar refractivity (Wildman–Crippen MR) is 71.3 cm³/mol. The number of anilines is 3. The molecule has 2 heterocycles. The van der Waals surface area contributed by atoms with Gasteiger partial charge in [-0.15, -0.1) is 0 Å². The number of benzene rings is 1. The number of nitrogens with two attached hydrogens (primary N) is 1. The molecule has 0 aliphatic carbocycles. The number of halogens is 2. The van der Waals surface area contributed by atoms with Gasteiger partial charge in [-0.1, -0.05) is 6.07 Å². The molecule has 1 aliphatic rings. The van der Waals surface area contributed by atoms with Gasteiger partial charge in [-0.3, -0.25) is 0 Å². The zero-order valence-corrected chi connectivity index (χ0v) is 11.0. The van der Waals surface area contributed by atoms with Gasteiger partial charge < -0.3 is 10.6 Å². The molecule has 0 saturated heterocycles. The molecule has 0 bridgehead atoms. The van der Waals surface area contributed by atoms with E-state index in [-0.39, 0.29) is 11.8 Å². The van der Waals surface area contributed by atoms with Crippen LogP contribution in [0.25, 0.3) is 0 Å². The van der Waals surface area contributed by atoms with Gasteiger partial charge in [0.15, 0.2) is 5.82 Å². The second-order valence-electron chi connectivity index (χ2n) is 4.07. The van der Waals surface area contributed by atoms with Crippen molar-refractivity contribution in [2.24, 2.45) is 0 Å². The van der Waals surface area contributed by atoms with E-state index in [1.165, 1.54) is 12.1 Å². The van der Waals surface area contributed by atoms with Crippen molar-refractivity contribution in [3.05, 3.63) is 40.2 Å². The minimum atomic E-state index is -0.251. The number of hydrogen-bond donors (Lipinski definition) is 1. The van der Waals surface area contributed by atoms with Gasteiger partial charge in [0, 0.05) is 18.4 Å². The fraction of sp³-hybridized carbons (Fsp3) is 0.167. The average Bonchev–Trinajstić information content (AvgIpc) is 2.75. The molecule has 0 radical (unpaired) electrons. The first-order valence-electron chi connectivity index (χ1n) is 5.49. The highest BCUT2D eigenvalue weighted by Gasteiger charge is 2.23. The van der Waals surface area contributed by atoms with E-state index in [9.17, 15) is 4.39 Å². The van der Waals surface area contributed by atoms with Crippen LogP contribution in [-0.2, 0) is 6.42 Å². The molecule has 0 spiro atoms. The van der Waals surface area contributed by atoms with Gasteiger partial charge in [-0.25, -0.2) is 9.37 Å². The van der Waals surface area contributed by atoms with Gasteiger partial charge in [0.2, 0.25) is 5.95 Å². The second kappa shape index (κ2) is 4.20. The quantitative estimate of drug-likeness (QED) is 0.880. The van der Waals surface area contributed by atoms with Gasteiger partial charge in [-0.05, 0) is 40.0 Å². The van der Waals surface area contributed by atoms with Crippen molar-refractivity contribution in [2.75, 3.05) is 17.2 Å². The van der Waals surface area contributed by atoms with E-state index >= 15 is 0 Å². The number of rotatable bonds is 1. The van der Waals surface area contributed by atoms with Crippen LogP contribution >= 0.6 is 15.9 Å². The molecule has 0 unspecified atom stereocenters. The van der Waals surface area contributed by atoms with Crippen molar-refractivity contribution < 1.29 is 4.39 Å². The van der Waals surface area contributed by atoms with E-state index in [0.717, 1.165) is 28.7 Å². The number of fused-ring (bicyclic) bond motifs is 1. The first kappa shape index (κ1) is 11.4. The highest BCUT2D eigenvalue weighted by molar-refractivity contribution is 9.10. The van der Waals surface area contributed by atoms with Crippen molar-refractivity contribution in [1.29, 1.82) is 0 Å². The molecule has 1 aromatic carbocycles. The number of hydrogen-bond acceptors (Lipinski definition) is 4. The van der Waals surface area contributed by atoms with Crippen LogP contribution in [0.15, 0.2) is 28.9 Å². The lowest BCUT2D eigenvalue weighted by Crippen LogP contribution is -2.16. The molecule has 0 fully saturated rings. The Morgan fingerprint density at radius 3 is 3.06 bits per heavy atom. The SMILES string of the molecule is Nc1ncc(Br)c(N2CCc3ccc(F)cc32)n1. The predicted octanol–water partition coefficient (Wildman–Crippen LogP) is 2.65. The lowest BCUT2D eigenvalue weighted by molar-refractivity contribution is 0.628. The van der Waals surface area contributed by atoms with Gasteiger partial charge in [0.1, 0.15) is 5.82 Å². The van der Waals surface area contributed by atoms with Crippen LogP contribution in [0.5, 0.6) is 0 Å². The number of nitrogen functional groups attached to an aromatic ring is 1. The minimum Gasteiger partial charge on any atom is -0.368 e. The molecule has 6 heteroatoms. The van der Waals surface area contributed by atoms with Gasteiger partial charge in [0.25, 0.3) is 0 Å². The molecular formula is C12H10BrFN4. The Hall–Kier alpha value is -1.69. The highest BCUT2D eigenvalue weighted by Crippen LogP contribution is 2.37. The molecule has 0 atom stereocenters. The third-order valence-electron chi connectivity index (χ3n) is 2.94. The fourth-order valence-corrected chi connectivity index (χ4v) is 2.54. The Balaban J connectivity index is 2.11. The van der Waals surface area contributed by atoms with E-state index < -0.39 is 0 Å². The molecule has 3 rings (SSSR count). The third kappa shape index (κ3) is 1.82. The summed E-state index contributed by atoms with van der Waals surface area (Å²) in [5.41, 5.74) is 7.55. The van der Waals surface area contributed by atoms with Crippen LogP contribution in [0.1, 0.15) is 5.56 Å². The Labute approximate surface area is 112 Å². The summed E-state index contributed by atoms with van der Waals surface area (Å²) in [7, 11) is 0. The van der Waals surface area contributed by atoms with Crippen LogP contribution in [0.4, 0.5) is 21.8 Å². The number of aromatic nitrogens is 2. The molecule has 18 heavy (non-hydrogen) atoms. The molecule has 4 nitrogen and oxygen atoms in total. The van der Waals surface area contributed by atoms with E-state index in [1.54, 1.807) is 6.20 Å². The first-order valence-corrected chi connectivity index (χ1v) is 6.28. The molecule has 2 N–H and O–H groups in total. The topological polar surface area (TPSA) is 55.0 Å². The largest absolute Gasteiger partial charge is 0.368 e. The lowest BCUT2D eigenvalue weighted by atomic mass is 10.2.